The van der Waals surface area contributed by atoms with Gasteiger partial charge in [0.05, 0.1) is 0 Å². The van der Waals surface area contributed by atoms with Crippen LogP contribution in [0.2, 0.25) is 0 Å². The molecule has 0 unspecified atom stereocenters. The molecule has 1 aliphatic rings. The van der Waals surface area contributed by atoms with E-state index in [0.29, 0.717) is 0 Å². The van der Waals surface area contributed by atoms with Gasteiger partial charge >= 0.3 is 0 Å². The van der Waals surface area contributed by atoms with Gasteiger partial charge in [0.1, 0.15) is 0 Å². The summed E-state index contributed by atoms with van der Waals surface area (Å²) < 4.78 is 0. The van der Waals surface area contributed by atoms with Crippen molar-refractivity contribution in [3.63, 3.8) is 0 Å². The summed E-state index contributed by atoms with van der Waals surface area (Å²) in [6, 6.07) is 0. The van der Waals surface area contributed by atoms with E-state index in [9.17, 15) is 0 Å². The molecule has 1 nitrogen and oxygen atoms in total. The topological polar surface area (TPSA) is 12.0 Å². The standard InChI is InChI=1S/C10H15N/c1-9-6-4-3-5-7-10(9)8-11-2/h3-5,7,11H,6,8H2,1-2H3. The number of hydrogen-bond donors (Lipinski definition) is 1. The maximum absolute atomic E-state index is 3.16. The van der Waals surface area contributed by atoms with Gasteiger partial charge in [-0.1, -0.05) is 29.9 Å². The molecule has 0 heterocycles. The first-order valence-electron chi connectivity index (χ1n) is 4.01. The van der Waals surface area contributed by atoms with Gasteiger partial charge in [0.15, 0.2) is 0 Å². The molecule has 0 amide bonds. The number of rotatable bonds is 2. The average Bonchev–Trinajstić information content (AvgIpc) is 2.18. The second-order valence-corrected chi connectivity index (χ2v) is 2.83. The van der Waals surface area contributed by atoms with E-state index in [1.54, 1.807) is 0 Å². The summed E-state index contributed by atoms with van der Waals surface area (Å²) in [4.78, 5) is 0. The van der Waals surface area contributed by atoms with Crippen LogP contribution in [0.3, 0.4) is 0 Å². The number of nitrogens with one attached hydrogen (secondary N) is 1. The predicted molar refractivity (Wildman–Crippen MR) is 49.5 cm³/mol. The van der Waals surface area contributed by atoms with Crippen LogP contribution in [0, 0.1) is 0 Å². The molecule has 1 aliphatic carbocycles. The summed E-state index contributed by atoms with van der Waals surface area (Å²) in [7, 11) is 1.98. The first-order valence-corrected chi connectivity index (χ1v) is 4.01. The van der Waals surface area contributed by atoms with Crippen LogP contribution in [0.25, 0.3) is 0 Å². The van der Waals surface area contributed by atoms with Gasteiger partial charge < -0.3 is 5.32 Å². The Morgan fingerprint density at radius 3 is 3.00 bits per heavy atom. The number of allylic oxidation sites excluding steroid dienone is 4. The molecule has 0 aromatic rings. The molecule has 0 fully saturated rings. The van der Waals surface area contributed by atoms with E-state index in [1.165, 1.54) is 11.1 Å². The second kappa shape index (κ2) is 4.14. The largest absolute Gasteiger partial charge is 0.316 e. The lowest BCUT2D eigenvalue weighted by molar-refractivity contribution is 0.882. The van der Waals surface area contributed by atoms with Crippen LogP contribution < -0.4 is 5.32 Å². The molecule has 0 saturated heterocycles. The monoisotopic (exact) mass is 149 g/mol. The molecular weight excluding hydrogens is 134 g/mol. The molecule has 1 N–H and O–H groups in total. The normalized spacial score (nSPS) is 17.3. The number of likely N-dealkylation sites (N-methyl/N-ethyl adjacent to an activating group) is 1. The van der Waals surface area contributed by atoms with Gasteiger partial charge in [0.2, 0.25) is 0 Å². The summed E-state index contributed by atoms with van der Waals surface area (Å²) >= 11 is 0. The molecule has 0 bridgehead atoms. The molecule has 0 aromatic heterocycles. The highest BCUT2D eigenvalue weighted by atomic mass is 14.8. The summed E-state index contributed by atoms with van der Waals surface area (Å²) in [6.45, 7) is 3.16. The summed E-state index contributed by atoms with van der Waals surface area (Å²) in [5, 5.41) is 3.16. The smallest absolute Gasteiger partial charge is 0.0202 e. The zero-order valence-corrected chi connectivity index (χ0v) is 7.22. The average molecular weight is 149 g/mol. The Labute approximate surface area is 68.5 Å². The Morgan fingerprint density at radius 2 is 2.27 bits per heavy atom. The fourth-order valence-electron chi connectivity index (χ4n) is 1.17. The van der Waals surface area contributed by atoms with Crippen LogP contribution in [0.1, 0.15) is 13.3 Å². The molecule has 0 spiro atoms. The van der Waals surface area contributed by atoms with E-state index < -0.39 is 0 Å². The Kier molecular flexibility index (Phi) is 3.12. The van der Waals surface area contributed by atoms with E-state index in [0.717, 1.165) is 13.0 Å². The van der Waals surface area contributed by atoms with Crippen LogP contribution in [0.5, 0.6) is 0 Å². The highest BCUT2D eigenvalue weighted by Crippen LogP contribution is 2.12. The molecule has 0 aliphatic heterocycles. The third-order valence-electron chi connectivity index (χ3n) is 1.88. The molecule has 60 valence electrons. The molecule has 1 rings (SSSR count). The van der Waals surface area contributed by atoms with Crippen molar-refractivity contribution in [2.24, 2.45) is 0 Å². The van der Waals surface area contributed by atoms with Crippen molar-refractivity contribution in [3.8, 4) is 0 Å². The lowest BCUT2D eigenvalue weighted by Gasteiger charge is -2.04. The zero-order chi connectivity index (χ0) is 8.10. The van der Waals surface area contributed by atoms with E-state index in [-0.39, 0.29) is 0 Å². The van der Waals surface area contributed by atoms with Crippen molar-refractivity contribution in [3.05, 3.63) is 35.5 Å². The molecule has 1 heteroatoms. The molecular formula is C10H15N. The first-order chi connectivity index (χ1) is 5.34. The maximum atomic E-state index is 3.16. The predicted octanol–water partition coefficient (Wildman–Crippen LogP) is 2.04. The maximum Gasteiger partial charge on any atom is 0.0202 e. The van der Waals surface area contributed by atoms with Gasteiger partial charge in [-0.2, -0.15) is 0 Å². The first kappa shape index (κ1) is 8.28. The van der Waals surface area contributed by atoms with Crippen LogP contribution in [-0.2, 0) is 0 Å². The summed E-state index contributed by atoms with van der Waals surface area (Å²) in [6.07, 6.45) is 9.66. The Bertz CT molecular complexity index is 209. The third kappa shape index (κ3) is 2.35. The van der Waals surface area contributed by atoms with Crippen LogP contribution >= 0.6 is 0 Å². The van der Waals surface area contributed by atoms with Crippen molar-refractivity contribution in [1.82, 2.24) is 5.32 Å². The van der Waals surface area contributed by atoms with Crippen molar-refractivity contribution in [2.75, 3.05) is 13.6 Å². The fraction of sp³-hybridized carbons (Fsp3) is 0.400. The minimum atomic E-state index is 0.976. The van der Waals surface area contributed by atoms with Gasteiger partial charge in [0, 0.05) is 6.54 Å². The zero-order valence-electron chi connectivity index (χ0n) is 7.22. The van der Waals surface area contributed by atoms with E-state index in [1.807, 2.05) is 7.05 Å². The molecule has 0 atom stereocenters. The minimum Gasteiger partial charge on any atom is -0.316 e. The fourth-order valence-corrected chi connectivity index (χ4v) is 1.17. The van der Waals surface area contributed by atoms with Crippen LogP contribution in [0.4, 0.5) is 0 Å². The highest BCUT2D eigenvalue weighted by Gasteiger charge is 1.97. The van der Waals surface area contributed by atoms with Crippen molar-refractivity contribution >= 4 is 0 Å². The van der Waals surface area contributed by atoms with E-state index in [2.05, 4.69) is 36.5 Å². The van der Waals surface area contributed by atoms with Gasteiger partial charge in [-0.05, 0) is 26.0 Å². The van der Waals surface area contributed by atoms with E-state index in [4.69, 9.17) is 0 Å². The second-order valence-electron chi connectivity index (χ2n) is 2.83. The van der Waals surface area contributed by atoms with Gasteiger partial charge in [-0.25, -0.2) is 0 Å². The Hall–Kier alpha value is -0.820. The van der Waals surface area contributed by atoms with Gasteiger partial charge in [0.25, 0.3) is 0 Å². The van der Waals surface area contributed by atoms with Crippen LogP contribution in [0.15, 0.2) is 35.5 Å². The Balaban J connectivity index is 2.72. The van der Waals surface area contributed by atoms with E-state index >= 15 is 0 Å². The molecule has 0 radical (unpaired) electrons. The molecule has 11 heavy (non-hydrogen) atoms. The van der Waals surface area contributed by atoms with Gasteiger partial charge in [-0.15, -0.1) is 0 Å². The summed E-state index contributed by atoms with van der Waals surface area (Å²) in [5.74, 6) is 0. The Morgan fingerprint density at radius 1 is 1.45 bits per heavy atom. The highest BCUT2D eigenvalue weighted by molar-refractivity contribution is 5.32. The van der Waals surface area contributed by atoms with Gasteiger partial charge in [-0.3, -0.25) is 0 Å². The third-order valence-corrected chi connectivity index (χ3v) is 1.88. The number of hydrogen-bond acceptors (Lipinski definition) is 1. The quantitative estimate of drug-likeness (QED) is 0.633. The van der Waals surface area contributed by atoms with Crippen molar-refractivity contribution in [1.29, 1.82) is 0 Å². The molecule has 0 saturated carbocycles. The van der Waals surface area contributed by atoms with Crippen molar-refractivity contribution < 1.29 is 0 Å². The lowest BCUT2D eigenvalue weighted by Crippen LogP contribution is -2.10. The van der Waals surface area contributed by atoms with Crippen LogP contribution in [-0.4, -0.2) is 13.6 Å². The lowest BCUT2D eigenvalue weighted by atomic mass is 10.1. The minimum absolute atomic E-state index is 0.976. The molecule has 0 aromatic carbocycles. The SMILES string of the molecule is CNCC1=C(C)CC=CC=C1. The summed E-state index contributed by atoms with van der Waals surface area (Å²) in [5.41, 5.74) is 2.88. The van der Waals surface area contributed by atoms with Crippen molar-refractivity contribution in [2.45, 2.75) is 13.3 Å².